The Bertz CT molecular complexity index is 2000. The predicted molar refractivity (Wildman–Crippen MR) is 221 cm³/mol. The fourth-order valence-electron chi connectivity index (χ4n) is 7.87. The summed E-state index contributed by atoms with van der Waals surface area (Å²) in [6, 6.07) is 24.0. The topological polar surface area (TPSA) is 55.1 Å². The average Bonchev–Trinajstić information content (AvgIpc) is 3.67. The number of thiophene rings is 1. The first-order chi connectivity index (χ1) is 24.3. The maximum absolute atomic E-state index is 11.7. The van der Waals surface area contributed by atoms with Gasteiger partial charge in [0.05, 0.1) is 22.6 Å². The number of carbonyl (C=O) groups is 1. The van der Waals surface area contributed by atoms with Gasteiger partial charge in [0.25, 0.3) is 6.71 Å². The molecule has 1 aliphatic rings. The van der Waals surface area contributed by atoms with E-state index in [2.05, 4.69) is 114 Å². The minimum absolute atomic E-state index is 0. The van der Waals surface area contributed by atoms with Crippen molar-refractivity contribution >= 4 is 50.6 Å². The van der Waals surface area contributed by atoms with Crippen molar-refractivity contribution in [1.82, 2.24) is 9.55 Å². The SMILES string of the molecule is CCC(CC)C(=O)/C=C(\O)C(CC)CC.Cc1[c-]c(-c2nc3cccc4c3n2-c2cc(C)sc2B4c2c(C(C)C)cccc2C(C)C)cc(C)c1.[Ir]. The molecule has 1 N–H and O–H groups in total. The van der Waals surface area contributed by atoms with E-state index in [0.29, 0.717) is 11.8 Å². The molecule has 0 amide bonds. The summed E-state index contributed by atoms with van der Waals surface area (Å²) in [5.41, 5.74) is 12.8. The van der Waals surface area contributed by atoms with Crippen molar-refractivity contribution in [2.45, 2.75) is 114 Å². The van der Waals surface area contributed by atoms with Gasteiger partial charge in [-0.3, -0.25) is 9.78 Å². The predicted octanol–water partition coefficient (Wildman–Crippen LogP) is 10.4. The van der Waals surface area contributed by atoms with Gasteiger partial charge in [0.2, 0.25) is 0 Å². The maximum atomic E-state index is 11.7. The van der Waals surface area contributed by atoms with Crippen molar-refractivity contribution < 1.29 is 30.0 Å². The molecule has 6 rings (SSSR count). The van der Waals surface area contributed by atoms with Gasteiger partial charge >= 0.3 is 0 Å². The van der Waals surface area contributed by atoms with Gasteiger partial charge in [-0.25, -0.2) is 0 Å². The molecule has 4 nitrogen and oxygen atoms in total. The Morgan fingerprint density at radius 1 is 0.885 bits per heavy atom. The molecule has 52 heavy (non-hydrogen) atoms. The Morgan fingerprint density at radius 3 is 2.04 bits per heavy atom. The van der Waals surface area contributed by atoms with Gasteiger partial charge in [0.15, 0.2) is 5.78 Å². The van der Waals surface area contributed by atoms with Gasteiger partial charge in [0.1, 0.15) is 0 Å². The average molecular weight is 892 g/mol. The molecule has 7 heteroatoms. The Morgan fingerprint density at radius 2 is 1.48 bits per heavy atom. The summed E-state index contributed by atoms with van der Waals surface area (Å²) >= 11 is 1.94. The number of fused-ring (bicyclic) bond motifs is 2. The Labute approximate surface area is 330 Å². The molecule has 2 aromatic heterocycles. The Hall–Kier alpha value is -3.25. The number of aliphatic hydroxyl groups excluding tert-OH is 1. The first kappa shape index (κ1) is 41.5. The molecule has 0 bridgehead atoms. The molecule has 1 aliphatic heterocycles. The van der Waals surface area contributed by atoms with E-state index in [9.17, 15) is 9.90 Å². The quantitative estimate of drug-likeness (QED) is 0.0610. The largest absolute Gasteiger partial charge is 0.512 e. The third-order valence-corrected chi connectivity index (χ3v) is 11.7. The zero-order valence-electron chi connectivity index (χ0n) is 33.0. The van der Waals surface area contributed by atoms with Crippen molar-refractivity contribution in [2.75, 3.05) is 0 Å². The molecule has 0 unspecified atom stereocenters. The minimum atomic E-state index is 0. The minimum Gasteiger partial charge on any atom is -0.512 e. The summed E-state index contributed by atoms with van der Waals surface area (Å²) < 4.78 is 3.84. The summed E-state index contributed by atoms with van der Waals surface area (Å²) in [6.07, 6.45) is 4.91. The molecule has 1 radical (unpaired) electrons. The second-order valence-corrected chi connectivity index (χ2v) is 16.2. The molecule has 3 heterocycles. The van der Waals surface area contributed by atoms with Crippen molar-refractivity contribution in [3.63, 3.8) is 0 Å². The van der Waals surface area contributed by atoms with Crippen molar-refractivity contribution in [1.29, 1.82) is 0 Å². The number of para-hydroxylation sites is 1. The van der Waals surface area contributed by atoms with Crippen LogP contribution in [-0.2, 0) is 24.9 Å². The summed E-state index contributed by atoms with van der Waals surface area (Å²) in [4.78, 5) is 18.3. The molecule has 0 atom stereocenters. The van der Waals surface area contributed by atoms with Crippen LogP contribution in [-0.4, -0.2) is 27.2 Å². The van der Waals surface area contributed by atoms with Crippen LogP contribution in [0, 0.1) is 38.7 Å². The van der Waals surface area contributed by atoms with Crippen LogP contribution >= 0.6 is 11.3 Å². The van der Waals surface area contributed by atoms with Crippen molar-refractivity contribution in [2.24, 2.45) is 11.8 Å². The smallest absolute Gasteiger partial charge is 0.259 e. The molecule has 0 aliphatic carbocycles. The number of carbonyl (C=O) groups excluding carboxylic acids is 1. The van der Waals surface area contributed by atoms with Crippen LogP contribution < -0.4 is 15.7 Å². The zero-order valence-corrected chi connectivity index (χ0v) is 36.2. The summed E-state index contributed by atoms with van der Waals surface area (Å²) in [7, 11) is 0. The third-order valence-electron chi connectivity index (χ3n) is 10.6. The van der Waals surface area contributed by atoms with Crippen molar-refractivity contribution in [3.05, 3.63) is 99.6 Å². The number of hydrogen-bond acceptors (Lipinski definition) is 4. The van der Waals surface area contributed by atoms with Crippen LogP contribution in [0.5, 0.6) is 0 Å². The third kappa shape index (κ3) is 8.28. The molecule has 0 saturated carbocycles. The normalized spacial score (nSPS) is 12.4. The number of allylic oxidation sites excluding steroid dienone is 2. The van der Waals surface area contributed by atoms with Crippen molar-refractivity contribution in [3.8, 4) is 17.1 Å². The second-order valence-electron chi connectivity index (χ2n) is 14.9. The summed E-state index contributed by atoms with van der Waals surface area (Å²) in [6.45, 7) is 24.1. The van der Waals surface area contributed by atoms with Crippen LogP contribution in [0.2, 0.25) is 0 Å². The zero-order chi connectivity index (χ0) is 37.1. The Kier molecular flexibility index (Phi) is 14.1. The standard InChI is InChI=1S/C32H32BN2S.C13H24O2.Ir/c1-18(2)24-10-8-11-25(19(3)4)29(24)33-26-12-9-13-27-30(26)35(28-17-22(7)36-31(28)33)32(34-27)23-15-20(5)14-21(6)16-23;1-5-10(6-2)12(14)9-13(15)11(7-3)8-4;/h8-15,17-19H,1-7H3;9-11,14H,5-8H2,1-4H3;/q-1;;/b;12-9-;. The number of hydrogen-bond donors (Lipinski definition) is 1. The number of aliphatic hydroxyl groups is 1. The maximum Gasteiger partial charge on any atom is 0.259 e. The van der Waals surface area contributed by atoms with E-state index in [0.717, 1.165) is 48.2 Å². The van der Waals surface area contributed by atoms with E-state index in [4.69, 9.17) is 4.98 Å². The van der Waals surface area contributed by atoms with Gasteiger partial charge in [-0.05, 0) is 73.2 Å². The van der Waals surface area contributed by atoms with E-state index in [1.165, 1.54) is 54.5 Å². The second kappa shape index (κ2) is 17.7. The van der Waals surface area contributed by atoms with Crippen LogP contribution in [0.25, 0.3) is 28.1 Å². The molecular formula is C45H56BIrN2O2S-. The Balaban J connectivity index is 0.000000323. The van der Waals surface area contributed by atoms with E-state index in [-0.39, 0.29) is 50.2 Å². The number of nitrogens with zero attached hydrogens (tertiary/aromatic N) is 2. The molecule has 0 spiro atoms. The first-order valence-electron chi connectivity index (χ1n) is 19.0. The fourth-order valence-corrected chi connectivity index (χ4v) is 9.00. The van der Waals surface area contributed by atoms with E-state index in [1.807, 2.05) is 39.0 Å². The molecule has 3 aromatic carbocycles. The number of benzene rings is 3. The monoisotopic (exact) mass is 892 g/mol. The van der Waals surface area contributed by atoms with Crippen LogP contribution in [0.1, 0.15) is 120 Å². The molecule has 277 valence electrons. The van der Waals surface area contributed by atoms with Gasteiger partial charge in [-0.2, -0.15) is 11.3 Å². The molecule has 0 saturated heterocycles. The van der Waals surface area contributed by atoms with Gasteiger partial charge in [-0.1, -0.05) is 105 Å². The number of ketones is 1. The molecular weight excluding hydrogens is 836 g/mol. The van der Waals surface area contributed by atoms with E-state index < -0.39 is 0 Å². The van der Waals surface area contributed by atoms with Crippen LogP contribution in [0.4, 0.5) is 0 Å². The van der Waals surface area contributed by atoms with Crippen LogP contribution in [0.3, 0.4) is 0 Å². The van der Waals surface area contributed by atoms with Gasteiger partial charge < -0.3 is 9.67 Å². The summed E-state index contributed by atoms with van der Waals surface area (Å²) in [5.74, 6) is 2.44. The number of aromatic nitrogens is 2. The van der Waals surface area contributed by atoms with Crippen LogP contribution in [0.15, 0.2) is 66.4 Å². The number of imidazole rings is 1. The summed E-state index contributed by atoms with van der Waals surface area (Å²) in [5, 5.41) is 9.76. The fraction of sp³-hybridized carbons (Fsp3) is 0.422. The number of aryl methyl sites for hydroxylation is 3. The van der Waals surface area contributed by atoms with E-state index >= 15 is 0 Å². The van der Waals surface area contributed by atoms with Gasteiger partial charge in [-0.15, -0.1) is 34.9 Å². The molecule has 0 fully saturated rings. The van der Waals surface area contributed by atoms with E-state index in [1.54, 1.807) is 0 Å². The first-order valence-corrected chi connectivity index (χ1v) is 19.9. The number of rotatable bonds is 11. The van der Waals surface area contributed by atoms with Gasteiger partial charge in [0, 0.05) is 53.4 Å². The molecule has 5 aromatic rings.